The van der Waals surface area contributed by atoms with Crippen molar-refractivity contribution in [1.29, 1.82) is 0 Å². The van der Waals surface area contributed by atoms with Crippen molar-refractivity contribution in [3.8, 4) is 0 Å². The fourth-order valence-electron chi connectivity index (χ4n) is 7.86. The van der Waals surface area contributed by atoms with Gasteiger partial charge in [0.1, 0.15) is 18.3 Å². The Hall–Kier alpha value is -3.82. The number of hydrogen-bond donors (Lipinski definition) is 14. The predicted octanol–water partition coefficient (Wildman–Crippen LogP) is -6.76. The minimum Gasteiger partial charge on any atom is -0.480 e. The summed E-state index contributed by atoms with van der Waals surface area (Å²) in [5.41, 5.74) is 5.59. The van der Waals surface area contributed by atoms with E-state index in [0.717, 1.165) is 0 Å². The molecule has 71 heavy (non-hydrogen) atoms. The maximum absolute atomic E-state index is 11.7. The first-order valence-corrected chi connectivity index (χ1v) is 24.0. The van der Waals surface area contributed by atoms with Crippen LogP contribution in [0.25, 0.3) is 0 Å². The highest BCUT2D eigenvalue weighted by molar-refractivity contribution is 5.70. The largest absolute Gasteiger partial charge is 0.480 e. The number of carboxylic acids is 6. The monoisotopic (exact) mass is 1030 g/mol. The lowest BCUT2D eigenvalue weighted by Gasteiger charge is -2.35. The highest BCUT2D eigenvalue weighted by Crippen LogP contribution is 2.12. The normalized spacial score (nSPS) is 17.7. The van der Waals surface area contributed by atoms with Gasteiger partial charge in [-0.3, -0.25) is 68.0 Å². The van der Waals surface area contributed by atoms with Crippen LogP contribution in [-0.2, 0) is 28.8 Å². The van der Waals surface area contributed by atoms with Gasteiger partial charge in [0.05, 0.1) is 64.2 Å². The standard InChI is InChI=1S/C41H79N9O19.C2H6/c42-4-6-44(24-35(58)59)8-12-46(25-36(60)61)11-7-43(23-34(56)57)5-2-1-3-30(52)19-50(22-32(54)40(68)41(69)33(55)29-51)21-31(53)20-45-9-13-47(26-37(62)63)15-17-49(28-39(66)67)18-16-48(14-10-45)27-38(64)65;1-2/h30-33,40-41,51-55,68-69H,1-29,42H2,(H,56,57)(H,58,59)(H,60,61)(H,62,63)(H,64,65)(H,66,67);1-2H3. The molecule has 6 unspecified atom stereocenters. The van der Waals surface area contributed by atoms with Gasteiger partial charge in [0.25, 0.3) is 0 Å². The van der Waals surface area contributed by atoms with Gasteiger partial charge in [-0.05, 0) is 25.8 Å². The summed E-state index contributed by atoms with van der Waals surface area (Å²) < 4.78 is 0. The maximum atomic E-state index is 11.7. The van der Waals surface area contributed by atoms with E-state index in [1.165, 1.54) is 4.90 Å². The second kappa shape index (κ2) is 38.8. The number of aliphatic carboxylic acids is 6. The van der Waals surface area contributed by atoms with Crippen molar-refractivity contribution in [2.75, 3.05) is 170 Å². The summed E-state index contributed by atoms with van der Waals surface area (Å²) in [7, 11) is 0. The van der Waals surface area contributed by atoms with E-state index in [0.29, 0.717) is 12.8 Å². The molecule has 0 aliphatic carbocycles. The van der Waals surface area contributed by atoms with Gasteiger partial charge in [0.15, 0.2) is 0 Å². The number of aliphatic hydroxyl groups is 7. The summed E-state index contributed by atoms with van der Waals surface area (Å²) in [5, 5.41) is 130. The molecule has 1 aliphatic heterocycles. The Labute approximate surface area is 415 Å². The molecule has 0 bridgehead atoms. The smallest absolute Gasteiger partial charge is 0.317 e. The molecule has 0 saturated carbocycles. The number of aliphatic hydroxyl groups excluding tert-OH is 7. The molecule has 0 aromatic carbocycles. The van der Waals surface area contributed by atoms with E-state index < -0.39 is 85.6 Å². The minimum atomic E-state index is -1.97. The van der Waals surface area contributed by atoms with Crippen molar-refractivity contribution in [2.24, 2.45) is 5.73 Å². The van der Waals surface area contributed by atoms with E-state index in [9.17, 15) is 95.2 Å². The topological polar surface area (TPSA) is 417 Å². The molecule has 28 nitrogen and oxygen atoms in total. The molecule has 0 aromatic rings. The second-order valence-electron chi connectivity index (χ2n) is 17.4. The van der Waals surface area contributed by atoms with Gasteiger partial charge in [0, 0.05) is 118 Å². The first kappa shape index (κ1) is 67.2. The molecule has 28 heteroatoms. The number of β-amino-alcohol motifs (C(OH)–C–C–N with tert-alkyl or cyclic N) is 1. The summed E-state index contributed by atoms with van der Waals surface area (Å²) in [4.78, 5) is 82.3. The Morgan fingerprint density at radius 1 is 0.451 bits per heavy atom. The number of rotatable bonds is 37. The molecule has 1 aliphatic rings. The van der Waals surface area contributed by atoms with Crippen LogP contribution >= 0.6 is 0 Å². The summed E-state index contributed by atoms with van der Waals surface area (Å²) in [6.07, 6.45) is -8.97. The zero-order valence-corrected chi connectivity index (χ0v) is 41.4. The van der Waals surface area contributed by atoms with Crippen LogP contribution in [0.2, 0.25) is 0 Å². The maximum Gasteiger partial charge on any atom is 0.317 e. The van der Waals surface area contributed by atoms with Crippen molar-refractivity contribution in [3.05, 3.63) is 0 Å². The van der Waals surface area contributed by atoms with Crippen LogP contribution in [-0.4, -0.2) is 348 Å². The van der Waals surface area contributed by atoms with E-state index in [-0.39, 0.29) is 163 Å². The molecule has 0 spiro atoms. The van der Waals surface area contributed by atoms with Crippen molar-refractivity contribution in [3.63, 3.8) is 0 Å². The molecular weight excluding hydrogens is 947 g/mol. The van der Waals surface area contributed by atoms with Crippen LogP contribution in [0.5, 0.6) is 0 Å². The molecule has 1 rings (SSSR count). The molecule has 15 N–H and O–H groups in total. The van der Waals surface area contributed by atoms with Crippen LogP contribution in [0.1, 0.15) is 33.1 Å². The van der Waals surface area contributed by atoms with Crippen LogP contribution in [0, 0.1) is 0 Å². The second-order valence-corrected chi connectivity index (χ2v) is 17.4. The summed E-state index contributed by atoms with van der Waals surface area (Å²) >= 11 is 0. The highest BCUT2D eigenvalue weighted by Gasteiger charge is 2.32. The first-order chi connectivity index (χ1) is 33.5. The highest BCUT2D eigenvalue weighted by atomic mass is 16.4. The van der Waals surface area contributed by atoms with E-state index in [2.05, 4.69) is 0 Å². The van der Waals surface area contributed by atoms with Crippen LogP contribution in [0.3, 0.4) is 0 Å². The molecule has 416 valence electrons. The zero-order valence-electron chi connectivity index (χ0n) is 41.4. The Bertz CT molecular complexity index is 1480. The molecule has 6 atom stereocenters. The van der Waals surface area contributed by atoms with Gasteiger partial charge in [-0.15, -0.1) is 0 Å². The minimum absolute atomic E-state index is 0.0678. The van der Waals surface area contributed by atoms with E-state index in [4.69, 9.17) is 5.73 Å². The van der Waals surface area contributed by atoms with Crippen molar-refractivity contribution in [2.45, 2.75) is 69.7 Å². The fourth-order valence-corrected chi connectivity index (χ4v) is 7.86. The molecule has 0 aromatic heterocycles. The average molecular weight is 1030 g/mol. The van der Waals surface area contributed by atoms with Gasteiger partial charge < -0.3 is 72.1 Å². The van der Waals surface area contributed by atoms with Gasteiger partial charge in [-0.1, -0.05) is 13.8 Å². The molecule has 0 radical (unpaired) electrons. The Balaban J connectivity index is 0.0000242. The Morgan fingerprint density at radius 2 is 0.803 bits per heavy atom. The van der Waals surface area contributed by atoms with Crippen molar-refractivity contribution >= 4 is 35.8 Å². The van der Waals surface area contributed by atoms with Crippen LogP contribution in [0.4, 0.5) is 0 Å². The van der Waals surface area contributed by atoms with Crippen molar-refractivity contribution < 1.29 is 95.2 Å². The van der Waals surface area contributed by atoms with E-state index in [1.807, 2.05) is 13.8 Å². The number of nitrogens with two attached hydrogens (primary N) is 1. The van der Waals surface area contributed by atoms with E-state index >= 15 is 0 Å². The number of unbranched alkanes of at least 4 members (excludes halogenated alkanes) is 1. The number of carboxylic acid groups (broad SMARTS) is 6. The lowest BCUT2D eigenvalue weighted by molar-refractivity contribution is -0.140. The summed E-state index contributed by atoms with van der Waals surface area (Å²) in [5.74, 6) is -6.67. The SMILES string of the molecule is CC.NCCN(CCN(CCN(CCCCC(O)CN(CC(O)CN1CCN(CC(=O)O)CCN(CC(=O)O)CCN(CC(=O)O)CC1)CC(O)C(O)C(O)C(O)CO)CC(=O)O)CC(=O)O)CC(=O)O. The fraction of sp³-hybridized carbons (Fsp3) is 0.860. The number of hydrogen-bond acceptors (Lipinski definition) is 22. The van der Waals surface area contributed by atoms with E-state index in [1.54, 1.807) is 34.3 Å². The quantitative estimate of drug-likeness (QED) is 0.0257. The lowest BCUT2D eigenvalue weighted by atomic mass is 10.0. The number of carbonyl (C=O) groups is 6. The first-order valence-electron chi connectivity index (χ1n) is 24.0. The lowest BCUT2D eigenvalue weighted by Crippen LogP contribution is -2.53. The molecular formula is C43H85N9O19. The summed E-state index contributed by atoms with van der Waals surface area (Å²) in [6.45, 7) is 2.84. The van der Waals surface area contributed by atoms with Crippen molar-refractivity contribution in [1.82, 2.24) is 39.2 Å². The Morgan fingerprint density at radius 3 is 1.17 bits per heavy atom. The Kier molecular flexibility index (Phi) is 36.7. The van der Waals surface area contributed by atoms with Gasteiger partial charge >= 0.3 is 35.8 Å². The van der Waals surface area contributed by atoms with Crippen LogP contribution < -0.4 is 5.73 Å². The predicted molar refractivity (Wildman–Crippen MR) is 255 cm³/mol. The van der Waals surface area contributed by atoms with Gasteiger partial charge in [-0.2, -0.15) is 0 Å². The molecule has 1 saturated heterocycles. The zero-order chi connectivity index (χ0) is 54.1. The third-order valence-corrected chi connectivity index (χ3v) is 11.4. The molecule has 1 fully saturated rings. The van der Waals surface area contributed by atoms with Gasteiger partial charge in [0.2, 0.25) is 0 Å². The van der Waals surface area contributed by atoms with Crippen LogP contribution in [0.15, 0.2) is 0 Å². The van der Waals surface area contributed by atoms with Gasteiger partial charge in [-0.25, -0.2) is 0 Å². The molecule has 1 heterocycles. The third-order valence-electron chi connectivity index (χ3n) is 11.4. The molecule has 0 amide bonds. The summed E-state index contributed by atoms with van der Waals surface area (Å²) in [6, 6.07) is 0. The third kappa shape index (κ3) is 33.5. The number of nitrogens with zero attached hydrogens (tertiary/aromatic N) is 8. The average Bonchev–Trinajstić information content (AvgIpc) is 3.28.